The average Bonchev–Trinajstić information content (AvgIpc) is 2.55. The Balaban J connectivity index is 2.12. The molecule has 0 amide bonds. The van der Waals surface area contributed by atoms with Crippen molar-refractivity contribution in [3.8, 4) is 0 Å². The highest BCUT2D eigenvalue weighted by atomic mass is 35.5. The predicted octanol–water partition coefficient (Wildman–Crippen LogP) is 5.20. The Kier molecular flexibility index (Phi) is 6.60. The molecule has 1 heterocycles. The molecule has 1 aromatic carbocycles. The van der Waals surface area contributed by atoms with Gasteiger partial charge in [-0.05, 0) is 52.7 Å². The molecule has 0 bridgehead atoms. The summed E-state index contributed by atoms with van der Waals surface area (Å²) >= 11 is 5.92. The second-order valence-electron chi connectivity index (χ2n) is 7.13. The fourth-order valence-corrected chi connectivity index (χ4v) is 3.16. The summed E-state index contributed by atoms with van der Waals surface area (Å²) in [6, 6.07) is 8.23. The molecular weight excluding hydrogens is 350 g/mol. The molecule has 0 spiro atoms. The van der Waals surface area contributed by atoms with Crippen LogP contribution in [0.3, 0.4) is 0 Å². The highest BCUT2D eigenvalue weighted by molar-refractivity contribution is 6.32. The first-order valence-electron chi connectivity index (χ1n) is 8.41. The van der Waals surface area contributed by atoms with Gasteiger partial charge in [-0.2, -0.15) is 0 Å². The van der Waals surface area contributed by atoms with Gasteiger partial charge in [-0.15, -0.1) is 0 Å². The third kappa shape index (κ3) is 5.27. The molecule has 0 fully saturated rings. The lowest BCUT2D eigenvalue weighted by atomic mass is 9.99. The van der Waals surface area contributed by atoms with Gasteiger partial charge >= 0.3 is 0 Å². The van der Waals surface area contributed by atoms with Crippen LogP contribution < -0.4 is 4.90 Å². The summed E-state index contributed by atoms with van der Waals surface area (Å²) in [5, 5.41) is 0.445. The fourth-order valence-electron chi connectivity index (χ4n) is 2.17. The molecule has 0 saturated heterocycles. The fraction of sp³-hybridized carbons (Fsp3) is 0.474. The van der Waals surface area contributed by atoms with E-state index >= 15 is 0 Å². The average molecular weight is 376 g/mol. The lowest BCUT2D eigenvalue weighted by Gasteiger charge is -2.27. The molecule has 1 aromatic heterocycles. The van der Waals surface area contributed by atoms with E-state index in [0.29, 0.717) is 22.3 Å². The van der Waals surface area contributed by atoms with Crippen LogP contribution in [0.2, 0.25) is 10.3 Å². The third-order valence-electron chi connectivity index (χ3n) is 4.61. The van der Waals surface area contributed by atoms with Crippen molar-refractivity contribution in [1.29, 1.82) is 0 Å². The van der Waals surface area contributed by atoms with E-state index in [1.807, 2.05) is 18.0 Å². The molecule has 0 atom stereocenters. The standard InChI is InChI=1S/C19H26ClN3OSi/c1-13(2)19(4,5)25-24-12-15-8-7-14(3)16(11-15)23(6)17-9-10-21-18(20)22-17/h7-11,13H,12H2,1-6H3. The second kappa shape index (κ2) is 8.30. The van der Waals surface area contributed by atoms with Crippen molar-refractivity contribution in [3.63, 3.8) is 0 Å². The number of rotatable bonds is 7. The molecule has 0 saturated carbocycles. The first-order chi connectivity index (χ1) is 11.7. The van der Waals surface area contributed by atoms with E-state index in [1.54, 1.807) is 6.20 Å². The van der Waals surface area contributed by atoms with Crippen LogP contribution >= 0.6 is 11.6 Å². The Morgan fingerprint density at radius 1 is 1.28 bits per heavy atom. The van der Waals surface area contributed by atoms with Crippen molar-refractivity contribution in [1.82, 2.24) is 9.97 Å². The smallest absolute Gasteiger partial charge is 0.236 e. The highest BCUT2D eigenvalue weighted by Crippen LogP contribution is 2.33. The summed E-state index contributed by atoms with van der Waals surface area (Å²) in [7, 11) is 2.45. The summed E-state index contributed by atoms with van der Waals surface area (Å²) in [5.74, 6) is 1.36. The van der Waals surface area contributed by atoms with Crippen LogP contribution in [0.1, 0.15) is 38.8 Å². The molecule has 6 heteroatoms. The SMILES string of the molecule is Cc1ccc(CO[Si]C(C)(C)C(C)C)cc1N(C)c1ccnc(Cl)n1. The lowest BCUT2D eigenvalue weighted by molar-refractivity contribution is 0.291. The van der Waals surface area contributed by atoms with E-state index in [9.17, 15) is 0 Å². The minimum Gasteiger partial charge on any atom is -0.413 e. The summed E-state index contributed by atoms with van der Waals surface area (Å²) in [5.41, 5.74) is 3.41. The molecule has 0 aliphatic heterocycles. The zero-order chi connectivity index (χ0) is 18.6. The van der Waals surface area contributed by atoms with Gasteiger partial charge in [0, 0.05) is 18.9 Å². The van der Waals surface area contributed by atoms with Crippen LogP contribution in [0.5, 0.6) is 0 Å². The maximum atomic E-state index is 6.01. The van der Waals surface area contributed by atoms with Gasteiger partial charge in [0.2, 0.25) is 15.0 Å². The summed E-state index contributed by atoms with van der Waals surface area (Å²) in [4.78, 5) is 10.2. The van der Waals surface area contributed by atoms with E-state index in [4.69, 9.17) is 16.0 Å². The van der Waals surface area contributed by atoms with E-state index in [0.717, 1.165) is 17.1 Å². The normalized spacial score (nSPS) is 11.8. The van der Waals surface area contributed by atoms with Gasteiger partial charge in [0.1, 0.15) is 5.82 Å². The second-order valence-corrected chi connectivity index (χ2v) is 9.25. The van der Waals surface area contributed by atoms with E-state index in [1.165, 1.54) is 5.56 Å². The zero-order valence-corrected chi connectivity index (χ0v) is 17.6. The number of aromatic nitrogens is 2. The van der Waals surface area contributed by atoms with Gasteiger partial charge in [-0.25, -0.2) is 9.97 Å². The Morgan fingerprint density at radius 3 is 2.64 bits per heavy atom. The minimum absolute atomic E-state index is 0.196. The molecule has 2 radical (unpaired) electrons. The molecular formula is C19H26ClN3OSi. The summed E-state index contributed by atoms with van der Waals surface area (Å²) < 4.78 is 6.01. The third-order valence-corrected chi connectivity index (χ3v) is 6.18. The Bertz CT molecular complexity index is 722. The predicted molar refractivity (Wildman–Crippen MR) is 106 cm³/mol. The number of anilines is 2. The van der Waals surface area contributed by atoms with E-state index < -0.39 is 0 Å². The summed E-state index contributed by atoms with van der Waals surface area (Å²) in [6.45, 7) is 11.7. The van der Waals surface area contributed by atoms with Crippen LogP contribution in [0.15, 0.2) is 30.5 Å². The van der Waals surface area contributed by atoms with Gasteiger partial charge in [0.25, 0.3) is 0 Å². The van der Waals surface area contributed by atoms with Crippen LogP contribution in [0, 0.1) is 12.8 Å². The lowest BCUT2D eigenvalue weighted by Crippen LogP contribution is -2.22. The Morgan fingerprint density at radius 2 is 2.00 bits per heavy atom. The number of hydrogen-bond donors (Lipinski definition) is 0. The summed E-state index contributed by atoms with van der Waals surface area (Å²) in [6.07, 6.45) is 1.67. The molecule has 0 N–H and O–H groups in total. The van der Waals surface area contributed by atoms with Crippen LogP contribution in [0.4, 0.5) is 11.5 Å². The first kappa shape index (κ1) is 19.9. The van der Waals surface area contributed by atoms with Crippen molar-refractivity contribution >= 4 is 32.9 Å². The maximum absolute atomic E-state index is 6.01. The monoisotopic (exact) mass is 375 g/mol. The molecule has 25 heavy (non-hydrogen) atoms. The largest absolute Gasteiger partial charge is 0.413 e. The highest BCUT2D eigenvalue weighted by Gasteiger charge is 2.24. The minimum atomic E-state index is 0.196. The number of nitrogens with zero attached hydrogens (tertiary/aromatic N) is 3. The maximum Gasteiger partial charge on any atom is 0.236 e. The Hall–Kier alpha value is -1.43. The van der Waals surface area contributed by atoms with Crippen LogP contribution in [-0.4, -0.2) is 26.8 Å². The molecule has 4 nitrogen and oxygen atoms in total. The zero-order valence-electron chi connectivity index (χ0n) is 15.8. The number of halogens is 1. The van der Waals surface area contributed by atoms with Crippen molar-refractivity contribution in [2.24, 2.45) is 5.92 Å². The number of aryl methyl sites for hydroxylation is 1. The van der Waals surface area contributed by atoms with Gasteiger partial charge in [0.05, 0.1) is 6.61 Å². The van der Waals surface area contributed by atoms with Crippen molar-refractivity contribution in [3.05, 3.63) is 46.9 Å². The van der Waals surface area contributed by atoms with Crippen LogP contribution in [-0.2, 0) is 11.0 Å². The van der Waals surface area contributed by atoms with E-state index in [2.05, 4.69) is 62.8 Å². The number of hydrogen-bond acceptors (Lipinski definition) is 4. The quantitative estimate of drug-likeness (QED) is 0.492. The molecule has 134 valence electrons. The molecule has 0 unspecified atom stereocenters. The molecule has 0 aliphatic rings. The van der Waals surface area contributed by atoms with Crippen molar-refractivity contribution in [2.45, 2.75) is 46.3 Å². The van der Waals surface area contributed by atoms with Crippen molar-refractivity contribution in [2.75, 3.05) is 11.9 Å². The van der Waals surface area contributed by atoms with Crippen LogP contribution in [0.25, 0.3) is 0 Å². The van der Waals surface area contributed by atoms with Gasteiger partial charge < -0.3 is 9.33 Å². The Labute approximate surface area is 158 Å². The van der Waals surface area contributed by atoms with E-state index in [-0.39, 0.29) is 10.3 Å². The first-order valence-corrected chi connectivity index (χ1v) is 9.70. The number of benzene rings is 1. The van der Waals surface area contributed by atoms with Gasteiger partial charge in [0.15, 0.2) is 0 Å². The van der Waals surface area contributed by atoms with Gasteiger partial charge in [-0.3, -0.25) is 0 Å². The topological polar surface area (TPSA) is 38.2 Å². The molecule has 2 aromatic rings. The van der Waals surface area contributed by atoms with Gasteiger partial charge in [-0.1, -0.05) is 39.8 Å². The molecule has 2 rings (SSSR count). The molecule has 0 aliphatic carbocycles. The van der Waals surface area contributed by atoms with Crippen molar-refractivity contribution < 1.29 is 4.43 Å².